The molecule has 1 heterocycles. The van der Waals surface area contributed by atoms with Crippen molar-refractivity contribution in [2.75, 3.05) is 5.88 Å². The van der Waals surface area contributed by atoms with E-state index in [0.29, 0.717) is 5.88 Å². The summed E-state index contributed by atoms with van der Waals surface area (Å²) < 4.78 is 0. The maximum absolute atomic E-state index is 12.5. The Bertz CT molecular complexity index is 433. The van der Waals surface area contributed by atoms with E-state index in [1.165, 1.54) is 29.7 Å². The number of carbonyl (C=O) groups excluding carboxylic acids is 1. The van der Waals surface area contributed by atoms with Crippen LogP contribution in [0, 0.1) is 0 Å². The minimum Gasteiger partial charge on any atom is -0.345 e. The Kier molecular flexibility index (Phi) is 5.50. The zero-order valence-corrected chi connectivity index (χ0v) is 14.0. The Labute approximate surface area is 130 Å². The van der Waals surface area contributed by atoms with E-state index in [1.807, 2.05) is 0 Å². The minimum atomic E-state index is -0.264. The maximum atomic E-state index is 12.5. The molecule has 1 amide bonds. The number of halogens is 1. The van der Waals surface area contributed by atoms with E-state index >= 15 is 0 Å². The van der Waals surface area contributed by atoms with E-state index in [9.17, 15) is 4.79 Å². The van der Waals surface area contributed by atoms with Crippen LogP contribution >= 0.6 is 22.9 Å². The number of fused-ring (bicyclic) bond motifs is 1. The van der Waals surface area contributed by atoms with Crippen molar-refractivity contribution >= 4 is 28.8 Å². The predicted molar refractivity (Wildman–Crippen MR) is 87.1 cm³/mol. The molecule has 0 spiro atoms. The molecule has 1 aromatic rings. The largest absolute Gasteiger partial charge is 0.345 e. The SMILES string of the molecule is CCC(CC)(CCl)NC(=O)c1cc2c(s1)CCCCC2. The molecule has 0 aliphatic heterocycles. The van der Waals surface area contributed by atoms with Crippen molar-refractivity contribution in [3.8, 4) is 0 Å². The number of carbonyl (C=O) groups is 1. The van der Waals surface area contributed by atoms with E-state index < -0.39 is 0 Å². The lowest BCUT2D eigenvalue weighted by Gasteiger charge is -2.30. The molecule has 1 aliphatic carbocycles. The van der Waals surface area contributed by atoms with Gasteiger partial charge in [0.1, 0.15) is 0 Å². The summed E-state index contributed by atoms with van der Waals surface area (Å²) in [5, 5.41) is 3.16. The van der Waals surface area contributed by atoms with Gasteiger partial charge >= 0.3 is 0 Å². The number of thiophene rings is 1. The van der Waals surface area contributed by atoms with Crippen molar-refractivity contribution in [3.05, 3.63) is 21.4 Å². The van der Waals surface area contributed by atoms with Crippen molar-refractivity contribution in [1.82, 2.24) is 5.32 Å². The predicted octanol–water partition coefficient (Wildman–Crippen LogP) is 4.54. The number of aryl methyl sites for hydroxylation is 2. The number of hydrogen-bond acceptors (Lipinski definition) is 2. The fraction of sp³-hybridized carbons (Fsp3) is 0.688. The third kappa shape index (κ3) is 3.37. The molecule has 2 rings (SSSR count). The summed E-state index contributed by atoms with van der Waals surface area (Å²) in [6, 6.07) is 2.10. The second kappa shape index (κ2) is 6.95. The summed E-state index contributed by atoms with van der Waals surface area (Å²) in [6.07, 6.45) is 7.80. The zero-order valence-electron chi connectivity index (χ0n) is 12.4. The first-order valence-electron chi connectivity index (χ1n) is 7.64. The van der Waals surface area contributed by atoms with Crippen LogP contribution in [0.25, 0.3) is 0 Å². The van der Waals surface area contributed by atoms with Gasteiger partial charge in [0.05, 0.1) is 10.4 Å². The van der Waals surface area contributed by atoms with Crippen molar-refractivity contribution in [3.63, 3.8) is 0 Å². The van der Waals surface area contributed by atoms with E-state index in [0.717, 1.165) is 30.6 Å². The molecule has 1 aromatic heterocycles. The molecule has 0 atom stereocenters. The molecule has 0 aromatic carbocycles. The van der Waals surface area contributed by atoms with Crippen LogP contribution in [-0.4, -0.2) is 17.3 Å². The lowest BCUT2D eigenvalue weighted by atomic mass is 9.95. The fourth-order valence-corrected chi connectivity index (χ4v) is 4.32. The van der Waals surface area contributed by atoms with Gasteiger partial charge in [0, 0.05) is 10.8 Å². The minimum absolute atomic E-state index is 0.0485. The first-order chi connectivity index (χ1) is 9.64. The molecule has 0 fully saturated rings. The van der Waals surface area contributed by atoms with Crippen LogP contribution in [0.3, 0.4) is 0 Å². The molecule has 2 nitrogen and oxygen atoms in total. The highest BCUT2D eigenvalue weighted by Crippen LogP contribution is 2.29. The zero-order chi connectivity index (χ0) is 14.6. The van der Waals surface area contributed by atoms with Gasteiger partial charge in [-0.05, 0) is 50.2 Å². The molecule has 0 unspecified atom stereocenters. The molecule has 0 saturated carbocycles. The van der Waals surface area contributed by atoms with Crippen LogP contribution in [0.1, 0.15) is 66.1 Å². The molecule has 0 saturated heterocycles. The molecule has 1 aliphatic rings. The third-order valence-corrected chi connectivity index (χ3v) is 6.21. The van der Waals surface area contributed by atoms with Gasteiger partial charge in [0.25, 0.3) is 5.91 Å². The monoisotopic (exact) mass is 313 g/mol. The average Bonchev–Trinajstić information content (AvgIpc) is 2.76. The number of amides is 1. The van der Waals surface area contributed by atoms with E-state index in [1.54, 1.807) is 11.3 Å². The Balaban J connectivity index is 2.13. The van der Waals surface area contributed by atoms with E-state index in [2.05, 4.69) is 25.2 Å². The molecule has 0 radical (unpaired) electrons. The molecule has 1 N–H and O–H groups in total. The topological polar surface area (TPSA) is 29.1 Å². The number of rotatable bonds is 5. The van der Waals surface area contributed by atoms with Crippen LogP contribution in [0.4, 0.5) is 0 Å². The van der Waals surface area contributed by atoms with Crippen molar-refractivity contribution in [2.24, 2.45) is 0 Å². The number of alkyl halides is 1. The van der Waals surface area contributed by atoms with Gasteiger partial charge < -0.3 is 5.32 Å². The van der Waals surface area contributed by atoms with Crippen LogP contribution in [0.2, 0.25) is 0 Å². The van der Waals surface area contributed by atoms with Gasteiger partial charge in [-0.3, -0.25) is 4.79 Å². The highest BCUT2D eigenvalue weighted by Gasteiger charge is 2.28. The summed E-state index contributed by atoms with van der Waals surface area (Å²) in [7, 11) is 0. The van der Waals surface area contributed by atoms with Crippen LogP contribution in [-0.2, 0) is 12.8 Å². The van der Waals surface area contributed by atoms with Gasteiger partial charge in [-0.15, -0.1) is 22.9 Å². The second-order valence-electron chi connectivity index (χ2n) is 5.69. The van der Waals surface area contributed by atoms with E-state index in [-0.39, 0.29) is 11.4 Å². The summed E-state index contributed by atoms with van der Waals surface area (Å²) in [5.74, 6) is 0.518. The quantitative estimate of drug-likeness (QED) is 0.627. The fourth-order valence-electron chi connectivity index (χ4n) is 2.73. The number of nitrogens with one attached hydrogen (secondary N) is 1. The van der Waals surface area contributed by atoms with Crippen molar-refractivity contribution in [1.29, 1.82) is 0 Å². The van der Waals surface area contributed by atoms with Crippen LogP contribution in [0.5, 0.6) is 0 Å². The van der Waals surface area contributed by atoms with Gasteiger partial charge in [-0.1, -0.05) is 20.3 Å². The Hall–Kier alpha value is -0.540. The molecular weight excluding hydrogens is 290 g/mol. The maximum Gasteiger partial charge on any atom is 0.261 e. The van der Waals surface area contributed by atoms with Gasteiger partial charge in [-0.25, -0.2) is 0 Å². The van der Waals surface area contributed by atoms with Gasteiger partial charge in [0.15, 0.2) is 0 Å². The highest BCUT2D eigenvalue weighted by atomic mass is 35.5. The lowest BCUT2D eigenvalue weighted by Crippen LogP contribution is -2.49. The average molecular weight is 314 g/mol. The second-order valence-corrected chi connectivity index (χ2v) is 7.10. The smallest absolute Gasteiger partial charge is 0.261 e. The first-order valence-corrected chi connectivity index (χ1v) is 8.99. The Morgan fingerprint density at radius 2 is 2.00 bits per heavy atom. The Morgan fingerprint density at radius 1 is 1.30 bits per heavy atom. The van der Waals surface area contributed by atoms with Crippen LogP contribution in [0.15, 0.2) is 6.07 Å². The normalized spacial score (nSPS) is 15.6. The summed E-state index contributed by atoms with van der Waals surface area (Å²) in [5.41, 5.74) is 1.13. The molecule has 20 heavy (non-hydrogen) atoms. The Morgan fingerprint density at radius 3 is 2.65 bits per heavy atom. The molecule has 0 bridgehead atoms. The molecule has 112 valence electrons. The van der Waals surface area contributed by atoms with Crippen LogP contribution < -0.4 is 5.32 Å². The standard InChI is InChI=1S/C16H24ClNOS/c1-3-16(4-2,11-17)18-15(19)14-10-12-8-6-5-7-9-13(12)20-14/h10H,3-9,11H2,1-2H3,(H,18,19). The van der Waals surface area contributed by atoms with Gasteiger partial charge in [-0.2, -0.15) is 0 Å². The lowest BCUT2D eigenvalue weighted by molar-refractivity contribution is 0.0906. The summed E-state index contributed by atoms with van der Waals surface area (Å²) in [4.78, 5) is 14.8. The third-order valence-electron chi connectivity index (χ3n) is 4.46. The molecular formula is C16H24ClNOS. The molecule has 4 heteroatoms. The first kappa shape index (κ1) is 15.8. The van der Waals surface area contributed by atoms with Crippen molar-refractivity contribution in [2.45, 2.75) is 64.3 Å². The summed E-state index contributed by atoms with van der Waals surface area (Å²) in [6.45, 7) is 4.16. The number of hydrogen-bond donors (Lipinski definition) is 1. The van der Waals surface area contributed by atoms with E-state index in [4.69, 9.17) is 11.6 Å². The van der Waals surface area contributed by atoms with Gasteiger partial charge in [0.2, 0.25) is 0 Å². The van der Waals surface area contributed by atoms with Crippen molar-refractivity contribution < 1.29 is 4.79 Å². The summed E-state index contributed by atoms with van der Waals surface area (Å²) >= 11 is 7.74. The highest BCUT2D eigenvalue weighted by molar-refractivity contribution is 7.14.